The number of alkyl halides is 1. The normalized spacial score (nSPS) is 27.5. The van der Waals surface area contributed by atoms with E-state index in [1.165, 1.54) is 36.1 Å². The van der Waals surface area contributed by atoms with E-state index >= 15 is 0 Å². The number of rotatable bonds is 3. The summed E-state index contributed by atoms with van der Waals surface area (Å²) in [5.74, 6) is 0. The molecule has 16 heavy (non-hydrogen) atoms. The zero-order valence-corrected chi connectivity index (χ0v) is 11.2. The van der Waals surface area contributed by atoms with Gasteiger partial charge >= 0.3 is 0 Å². The first kappa shape index (κ1) is 11.0. The lowest BCUT2D eigenvalue weighted by Crippen LogP contribution is -2.18. The van der Waals surface area contributed by atoms with Crippen molar-refractivity contribution in [3.05, 3.63) is 29.8 Å². The predicted octanol–water partition coefficient (Wildman–Crippen LogP) is 4.50. The van der Waals surface area contributed by atoms with Gasteiger partial charge in [0.1, 0.15) is 0 Å². The summed E-state index contributed by atoms with van der Waals surface area (Å²) >= 11 is 8.37. The molecule has 0 aromatic heterocycles. The van der Waals surface area contributed by atoms with Crippen LogP contribution < -0.4 is 0 Å². The Morgan fingerprint density at radius 1 is 1.44 bits per heavy atom. The van der Waals surface area contributed by atoms with Crippen LogP contribution in [0.25, 0.3) is 0 Å². The fourth-order valence-corrected chi connectivity index (χ4v) is 4.55. The van der Waals surface area contributed by atoms with Crippen molar-refractivity contribution in [2.75, 3.05) is 0 Å². The lowest BCUT2D eigenvalue weighted by molar-refractivity contribution is 0.449. The van der Waals surface area contributed by atoms with Crippen LogP contribution in [-0.4, -0.2) is 10.6 Å². The summed E-state index contributed by atoms with van der Waals surface area (Å²) in [5, 5.41) is 1.11. The van der Waals surface area contributed by atoms with Gasteiger partial charge in [0, 0.05) is 15.5 Å². The number of benzene rings is 1. The lowest BCUT2D eigenvalue weighted by atomic mass is 9.94. The minimum absolute atomic E-state index is 0.344. The van der Waals surface area contributed by atoms with E-state index in [2.05, 4.69) is 43.0 Å². The molecule has 1 fully saturated rings. The maximum atomic E-state index is 6.31. The second-order valence-corrected chi connectivity index (χ2v) is 7.23. The van der Waals surface area contributed by atoms with E-state index in [0.29, 0.717) is 10.8 Å². The zero-order chi connectivity index (χ0) is 11.2. The molecule has 0 amide bonds. The topological polar surface area (TPSA) is 0 Å². The number of thioether (sulfide) groups is 1. The van der Waals surface area contributed by atoms with E-state index in [1.807, 2.05) is 0 Å². The van der Waals surface area contributed by atoms with E-state index in [0.717, 1.165) is 5.25 Å². The first-order valence-corrected chi connectivity index (χ1v) is 7.40. The fourth-order valence-electron chi connectivity index (χ4n) is 2.75. The molecular formula is C14H17ClS. The molecule has 0 nitrogen and oxygen atoms in total. The number of halogens is 1. The van der Waals surface area contributed by atoms with Gasteiger partial charge in [0.2, 0.25) is 0 Å². The van der Waals surface area contributed by atoms with Crippen molar-refractivity contribution in [2.24, 2.45) is 5.41 Å². The molecule has 0 radical (unpaired) electrons. The second-order valence-electron chi connectivity index (χ2n) is 5.23. The molecule has 0 bridgehead atoms. The maximum absolute atomic E-state index is 6.31. The molecule has 0 N–H and O–H groups in total. The molecule has 0 spiro atoms. The summed E-state index contributed by atoms with van der Waals surface area (Å²) in [5.41, 5.74) is 2.01. The summed E-state index contributed by atoms with van der Waals surface area (Å²) in [7, 11) is 0. The molecule has 86 valence electrons. The Hall–Kier alpha value is -0.140. The van der Waals surface area contributed by atoms with Crippen molar-refractivity contribution in [3.8, 4) is 0 Å². The van der Waals surface area contributed by atoms with Crippen LogP contribution in [0.4, 0.5) is 0 Å². The smallest absolute Gasteiger partial charge is 0.0364 e. The number of fused-ring (bicyclic) bond motifs is 1. The maximum Gasteiger partial charge on any atom is 0.0364 e. The van der Waals surface area contributed by atoms with Crippen LogP contribution in [0.1, 0.15) is 31.7 Å². The van der Waals surface area contributed by atoms with Crippen molar-refractivity contribution >= 4 is 23.4 Å². The average molecular weight is 253 g/mol. The molecule has 3 rings (SSSR count). The highest BCUT2D eigenvalue weighted by atomic mass is 35.5. The molecule has 1 aromatic rings. The molecular weight excluding hydrogens is 236 g/mol. The van der Waals surface area contributed by atoms with Crippen molar-refractivity contribution < 1.29 is 0 Å². The van der Waals surface area contributed by atoms with Gasteiger partial charge in [-0.2, -0.15) is 0 Å². The van der Waals surface area contributed by atoms with E-state index < -0.39 is 0 Å². The summed E-state index contributed by atoms with van der Waals surface area (Å²) in [6, 6.07) is 8.82. The Balaban J connectivity index is 1.69. The number of hydrogen-bond acceptors (Lipinski definition) is 1. The molecule has 2 aliphatic rings. The van der Waals surface area contributed by atoms with Gasteiger partial charge in [0.25, 0.3) is 0 Å². The van der Waals surface area contributed by atoms with Crippen molar-refractivity contribution in [1.29, 1.82) is 0 Å². The van der Waals surface area contributed by atoms with Gasteiger partial charge in [-0.05, 0) is 49.7 Å². The molecule has 1 aliphatic heterocycles. The van der Waals surface area contributed by atoms with Crippen LogP contribution in [0.3, 0.4) is 0 Å². The number of hydrogen-bond donors (Lipinski definition) is 0. The van der Waals surface area contributed by atoms with E-state index in [1.54, 1.807) is 0 Å². The Morgan fingerprint density at radius 3 is 2.81 bits per heavy atom. The monoisotopic (exact) mass is 252 g/mol. The third-order valence-corrected chi connectivity index (χ3v) is 5.87. The molecule has 1 aliphatic carbocycles. The highest BCUT2D eigenvalue weighted by molar-refractivity contribution is 8.00. The quantitative estimate of drug-likeness (QED) is 0.714. The Labute approximate surface area is 107 Å². The third kappa shape index (κ3) is 1.89. The van der Waals surface area contributed by atoms with E-state index in [-0.39, 0.29) is 0 Å². The SMILES string of the molecule is CC(Cl)C1(CC2Cc3ccccc3S2)CC1. The van der Waals surface area contributed by atoms with Gasteiger partial charge in [0.05, 0.1) is 0 Å². The summed E-state index contributed by atoms with van der Waals surface area (Å²) in [6.45, 7) is 2.17. The van der Waals surface area contributed by atoms with Crippen molar-refractivity contribution in [3.63, 3.8) is 0 Å². The fraction of sp³-hybridized carbons (Fsp3) is 0.571. The minimum Gasteiger partial charge on any atom is -0.123 e. The van der Waals surface area contributed by atoms with Crippen molar-refractivity contribution in [1.82, 2.24) is 0 Å². The highest BCUT2D eigenvalue weighted by Gasteiger charge is 2.48. The molecule has 2 atom stereocenters. The third-order valence-electron chi connectivity index (χ3n) is 4.08. The van der Waals surface area contributed by atoms with Gasteiger partial charge in [0.15, 0.2) is 0 Å². The van der Waals surface area contributed by atoms with Crippen LogP contribution in [0, 0.1) is 5.41 Å². The first-order chi connectivity index (χ1) is 7.70. The predicted molar refractivity (Wildman–Crippen MR) is 71.4 cm³/mol. The van der Waals surface area contributed by atoms with Crippen LogP contribution in [0.2, 0.25) is 0 Å². The van der Waals surface area contributed by atoms with Gasteiger partial charge < -0.3 is 0 Å². The zero-order valence-electron chi connectivity index (χ0n) is 9.58. The van der Waals surface area contributed by atoms with Crippen LogP contribution >= 0.6 is 23.4 Å². The lowest BCUT2D eigenvalue weighted by Gasteiger charge is -2.21. The Bertz CT molecular complexity index is 370. The molecule has 1 saturated carbocycles. The van der Waals surface area contributed by atoms with Crippen LogP contribution in [0.5, 0.6) is 0 Å². The summed E-state index contributed by atoms with van der Waals surface area (Å²) in [4.78, 5) is 1.49. The molecule has 2 unspecified atom stereocenters. The first-order valence-electron chi connectivity index (χ1n) is 6.08. The van der Waals surface area contributed by atoms with Gasteiger partial charge in [-0.3, -0.25) is 0 Å². The standard InChI is InChI=1S/C14H17ClS/c1-10(15)14(6-7-14)9-12-8-11-4-2-3-5-13(11)16-12/h2-5,10,12H,6-9H2,1H3. The molecule has 1 aromatic carbocycles. The minimum atomic E-state index is 0.344. The van der Waals surface area contributed by atoms with Crippen molar-refractivity contribution in [2.45, 2.75) is 48.1 Å². The van der Waals surface area contributed by atoms with E-state index in [4.69, 9.17) is 11.6 Å². The van der Waals surface area contributed by atoms with Gasteiger partial charge in [-0.15, -0.1) is 23.4 Å². The van der Waals surface area contributed by atoms with Crippen LogP contribution in [-0.2, 0) is 6.42 Å². The Kier molecular flexibility index (Phi) is 2.72. The Morgan fingerprint density at radius 2 is 2.19 bits per heavy atom. The average Bonchev–Trinajstić information content (AvgIpc) is 2.92. The van der Waals surface area contributed by atoms with Crippen LogP contribution in [0.15, 0.2) is 29.2 Å². The molecule has 0 saturated heterocycles. The summed E-state index contributed by atoms with van der Waals surface area (Å²) < 4.78 is 0. The summed E-state index contributed by atoms with van der Waals surface area (Å²) in [6.07, 6.45) is 5.22. The van der Waals surface area contributed by atoms with E-state index in [9.17, 15) is 0 Å². The molecule has 2 heteroatoms. The largest absolute Gasteiger partial charge is 0.123 e. The van der Waals surface area contributed by atoms with Gasteiger partial charge in [-0.25, -0.2) is 0 Å². The highest BCUT2D eigenvalue weighted by Crippen LogP contribution is 2.57. The molecule has 1 heterocycles. The van der Waals surface area contributed by atoms with Gasteiger partial charge in [-0.1, -0.05) is 18.2 Å². The second kappa shape index (κ2) is 3.96.